The Balaban J connectivity index is 1.97. The first kappa shape index (κ1) is 16.3. The van der Waals surface area contributed by atoms with E-state index >= 15 is 0 Å². The number of halogens is 4. The predicted molar refractivity (Wildman–Crippen MR) is 82.9 cm³/mol. The average molecular weight is 355 g/mol. The van der Waals surface area contributed by atoms with Gasteiger partial charge in [0.25, 0.3) is 5.91 Å². The van der Waals surface area contributed by atoms with Crippen LogP contribution in [0.15, 0.2) is 36.8 Å². The summed E-state index contributed by atoms with van der Waals surface area (Å²) in [4.78, 5) is 19.8. The molecule has 2 heterocycles. The third-order valence-electron chi connectivity index (χ3n) is 3.48. The van der Waals surface area contributed by atoms with Crippen LogP contribution in [0, 0.1) is 0 Å². The van der Waals surface area contributed by atoms with Crippen LogP contribution >= 0.6 is 11.6 Å². The summed E-state index contributed by atoms with van der Waals surface area (Å²) in [6.07, 6.45) is -1.04. The van der Waals surface area contributed by atoms with Gasteiger partial charge in [-0.3, -0.25) is 9.78 Å². The van der Waals surface area contributed by atoms with Crippen LogP contribution in [0.4, 0.5) is 18.9 Å². The molecule has 3 aromatic rings. The van der Waals surface area contributed by atoms with Crippen LogP contribution in [0.3, 0.4) is 0 Å². The molecule has 124 valence electrons. The van der Waals surface area contributed by atoms with Crippen LogP contribution in [0.2, 0.25) is 5.02 Å². The first-order valence-electron chi connectivity index (χ1n) is 6.71. The highest BCUT2D eigenvalue weighted by Gasteiger charge is 2.36. The molecule has 24 heavy (non-hydrogen) atoms. The van der Waals surface area contributed by atoms with E-state index in [2.05, 4.69) is 15.3 Å². The summed E-state index contributed by atoms with van der Waals surface area (Å²) in [5.41, 5.74) is -0.678. The molecule has 0 radical (unpaired) electrons. The number of carbonyl (C=O) groups excluding carboxylic acids is 1. The van der Waals surface area contributed by atoms with Crippen molar-refractivity contribution in [2.75, 3.05) is 5.32 Å². The van der Waals surface area contributed by atoms with Gasteiger partial charge in [0.1, 0.15) is 5.69 Å². The van der Waals surface area contributed by atoms with Gasteiger partial charge in [0, 0.05) is 24.0 Å². The summed E-state index contributed by atoms with van der Waals surface area (Å²) in [7, 11) is 1.13. The van der Waals surface area contributed by atoms with Crippen LogP contribution in [-0.4, -0.2) is 20.4 Å². The lowest BCUT2D eigenvalue weighted by Crippen LogP contribution is -2.20. The number of carbonyl (C=O) groups is 1. The van der Waals surface area contributed by atoms with Crippen molar-refractivity contribution in [3.63, 3.8) is 0 Å². The van der Waals surface area contributed by atoms with E-state index in [1.54, 1.807) is 18.2 Å². The highest BCUT2D eigenvalue weighted by molar-refractivity contribution is 6.35. The van der Waals surface area contributed by atoms with Gasteiger partial charge in [-0.15, -0.1) is 0 Å². The van der Waals surface area contributed by atoms with Gasteiger partial charge in [-0.25, -0.2) is 4.98 Å². The molecule has 1 N–H and O–H groups in total. The van der Waals surface area contributed by atoms with Crippen LogP contribution in [0.25, 0.3) is 10.8 Å². The summed E-state index contributed by atoms with van der Waals surface area (Å²) in [5, 5.41) is 4.21. The fraction of sp³-hybridized carbons (Fsp3) is 0.133. The van der Waals surface area contributed by atoms with Gasteiger partial charge < -0.3 is 9.88 Å². The number of hydrogen-bond acceptors (Lipinski definition) is 3. The van der Waals surface area contributed by atoms with Crippen LogP contribution in [0.5, 0.6) is 0 Å². The highest BCUT2D eigenvalue weighted by atomic mass is 35.5. The number of hydrogen-bond donors (Lipinski definition) is 1. The minimum absolute atomic E-state index is 0.330. The first-order chi connectivity index (χ1) is 11.3. The van der Waals surface area contributed by atoms with Crippen molar-refractivity contribution in [3.8, 4) is 0 Å². The molecule has 5 nitrogen and oxygen atoms in total. The molecule has 3 rings (SSSR count). The van der Waals surface area contributed by atoms with Crippen LogP contribution in [0.1, 0.15) is 16.3 Å². The molecule has 0 aliphatic carbocycles. The van der Waals surface area contributed by atoms with E-state index in [0.717, 1.165) is 7.05 Å². The summed E-state index contributed by atoms with van der Waals surface area (Å²) in [6, 6.07) is 5.09. The van der Waals surface area contributed by atoms with Crippen molar-refractivity contribution >= 4 is 34.0 Å². The molecule has 9 heteroatoms. The maximum Gasteiger partial charge on any atom is 0.433 e. The number of benzene rings is 1. The van der Waals surface area contributed by atoms with Crippen molar-refractivity contribution in [1.82, 2.24) is 14.5 Å². The lowest BCUT2D eigenvalue weighted by atomic mass is 10.1. The lowest BCUT2D eigenvalue weighted by Gasteiger charge is -2.10. The molecule has 0 saturated carbocycles. The van der Waals surface area contributed by atoms with Gasteiger partial charge in [0.15, 0.2) is 5.82 Å². The fourth-order valence-corrected chi connectivity index (χ4v) is 2.54. The van der Waals surface area contributed by atoms with E-state index in [9.17, 15) is 18.0 Å². The van der Waals surface area contributed by atoms with Gasteiger partial charge in [-0.2, -0.15) is 13.2 Å². The number of fused-ring (bicyclic) bond motifs is 1. The Kier molecular flexibility index (Phi) is 3.92. The van der Waals surface area contributed by atoms with E-state index in [4.69, 9.17) is 11.6 Å². The third kappa shape index (κ3) is 2.80. The molecule has 0 spiro atoms. The van der Waals surface area contributed by atoms with E-state index < -0.39 is 17.8 Å². The number of pyridine rings is 1. The first-order valence-corrected chi connectivity index (χ1v) is 7.09. The molecule has 0 aliphatic heterocycles. The van der Waals surface area contributed by atoms with Crippen molar-refractivity contribution < 1.29 is 18.0 Å². The molecule has 0 unspecified atom stereocenters. The standard InChI is InChI=1S/C15H10ClF3N4O/c1-23-12(15(17,18)19)7-21-13(23)14(24)22-11-6-20-5-9-8(11)3-2-4-10(9)16/h2-7H,1H3,(H,22,24). The zero-order chi connectivity index (χ0) is 17.5. The van der Waals surface area contributed by atoms with Crippen molar-refractivity contribution in [3.05, 3.63) is 53.3 Å². The quantitative estimate of drug-likeness (QED) is 0.759. The second kappa shape index (κ2) is 5.79. The average Bonchev–Trinajstić information content (AvgIpc) is 2.90. The smallest absolute Gasteiger partial charge is 0.319 e. The van der Waals surface area contributed by atoms with Gasteiger partial charge in [-0.05, 0) is 6.07 Å². The maximum absolute atomic E-state index is 12.8. The largest absolute Gasteiger partial charge is 0.433 e. The predicted octanol–water partition coefficient (Wildman–Crippen LogP) is 3.89. The SMILES string of the molecule is Cn1c(C(F)(F)F)cnc1C(=O)Nc1cncc2c(Cl)cccc12. The summed E-state index contributed by atoms with van der Waals surface area (Å²) in [5.74, 6) is -1.14. The Hall–Kier alpha value is -2.61. The second-order valence-corrected chi connectivity index (χ2v) is 5.41. The monoisotopic (exact) mass is 354 g/mol. The van der Waals surface area contributed by atoms with Crippen LogP contribution in [-0.2, 0) is 13.2 Å². The van der Waals surface area contributed by atoms with Crippen molar-refractivity contribution in [2.24, 2.45) is 7.05 Å². The van der Waals surface area contributed by atoms with Gasteiger partial charge in [0.2, 0.25) is 0 Å². The Morgan fingerprint density at radius 2 is 1.96 bits per heavy atom. The number of nitrogens with zero attached hydrogens (tertiary/aromatic N) is 3. The molecule has 1 aromatic carbocycles. The summed E-state index contributed by atoms with van der Waals surface area (Å²) >= 11 is 6.07. The Morgan fingerprint density at radius 3 is 2.62 bits per heavy atom. The highest BCUT2D eigenvalue weighted by Crippen LogP contribution is 2.30. The van der Waals surface area contributed by atoms with E-state index in [0.29, 0.717) is 32.2 Å². The molecular formula is C15H10ClF3N4O. The minimum Gasteiger partial charge on any atom is -0.319 e. The number of aromatic nitrogens is 3. The Morgan fingerprint density at radius 1 is 1.21 bits per heavy atom. The second-order valence-electron chi connectivity index (χ2n) is 5.00. The maximum atomic E-state index is 12.8. The molecule has 0 bridgehead atoms. The molecular weight excluding hydrogens is 345 g/mol. The number of alkyl halides is 3. The van der Waals surface area contributed by atoms with Gasteiger partial charge in [-0.1, -0.05) is 23.7 Å². The summed E-state index contributed by atoms with van der Waals surface area (Å²) < 4.78 is 39.1. The molecule has 0 saturated heterocycles. The molecule has 1 amide bonds. The van der Waals surface area contributed by atoms with Gasteiger partial charge >= 0.3 is 6.18 Å². The van der Waals surface area contributed by atoms with E-state index in [-0.39, 0.29) is 5.82 Å². The van der Waals surface area contributed by atoms with E-state index in [1.165, 1.54) is 12.4 Å². The number of nitrogens with one attached hydrogen (secondary N) is 1. The zero-order valence-electron chi connectivity index (χ0n) is 12.2. The lowest BCUT2D eigenvalue weighted by molar-refractivity contribution is -0.143. The number of anilines is 1. The molecule has 0 aliphatic rings. The zero-order valence-corrected chi connectivity index (χ0v) is 13.0. The number of amides is 1. The van der Waals surface area contributed by atoms with E-state index in [1.807, 2.05) is 0 Å². The van der Waals surface area contributed by atoms with Crippen molar-refractivity contribution in [2.45, 2.75) is 6.18 Å². The van der Waals surface area contributed by atoms with Crippen molar-refractivity contribution in [1.29, 1.82) is 0 Å². The molecule has 0 atom stereocenters. The Labute approximate surface area is 139 Å². The molecule has 0 fully saturated rings. The van der Waals surface area contributed by atoms with Gasteiger partial charge in [0.05, 0.1) is 23.1 Å². The van der Waals surface area contributed by atoms with Crippen LogP contribution < -0.4 is 5.32 Å². The normalized spacial score (nSPS) is 11.7. The number of rotatable bonds is 2. The fourth-order valence-electron chi connectivity index (χ4n) is 2.32. The Bertz CT molecular complexity index is 936. The third-order valence-corrected chi connectivity index (χ3v) is 3.81. The number of imidazole rings is 1. The molecule has 2 aromatic heterocycles. The summed E-state index contributed by atoms with van der Waals surface area (Å²) in [6.45, 7) is 0. The minimum atomic E-state index is -4.59. The topological polar surface area (TPSA) is 59.8 Å².